The second kappa shape index (κ2) is 8.56. The number of halogens is 3. The third-order valence-electron chi connectivity index (χ3n) is 3.49. The van der Waals surface area contributed by atoms with Crippen LogP contribution in [-0.4, -0.2) is 55.8 Å². The van der Waals surface area contributed by atoms with Crippen LogP contribution < -0.4 is 10.6 Å². The fraction of sp³-hybridized carbons (Fsp3) is 0.533. The number of nitrogens with zero attached hydrogens (tertiary/aromatic N) is 1. The molecule has 0 bridgehead atoms. The van der Waals surface area contributed by atoms with Crippen molar-refractivity contribution in [2.24, 2.45) is 0 Å². The predicted octanol–water partition coefficient (Wildman–Crippen LogP) is 1.82. The van der Waals surface area contributed by atoms with Crippen molar-refractivity contribution in [3.8, 4) is 0 Å². The van der Waals surface area contributed by atoms with Crippen molar-refractivity contribution in [1.29, 1.82) is 0 Å². The van der Waals surface area contributed by atoms with Crippen LogP contribution in [0.3, 0.4) is 0 Å². The Morgan fingerprint density at radius 3 is 2.74 bits per heavy atom. The van der Waals surface area contributed by atoms with Gasteiger partial charge in [0.1, 0.15) is 0 Å². The van der Waals surface area contributed by atoms with Crippen LogP contribution >= 0.6 is 11.8 Å². The monoisotopic (exact) mass is 347 g/mol. The number of rotatable bonds is 6. The molecular weight excluding hydrogens is 327 g/mol. The van der Waals surface area contributed by atoms with Gasteiger partial charge in [-0.1, -0.05) is 6.07 Å². The molecule has 1 aliphatic heterocycles. The number of piperazine rings is 1. The first-order chi connectivity index (χ1) is 10.9. The van der Waals surface area contributed by atoms with E-state index >= 15 is 0 Å². The van der Waals surface area contributed by atoms with Crippen molar-refractivity contribution >= 4 is 17.7 Å². The topological polar surface area (TPSA) is 44.4 Å². The molecule has 0 atom stereocenters. The van der Waals surface area contributed by atoms with Gasteiger partial charge in [0.15, 0.2) is 0 Å². The molecule has 1 aromatic carbocycles. The van der Waals surface area contributed by atoms with Gasteiger partial charge in [-0.15, -0.1) is 11.8 Å². The van der Waals surface area contributed by atoms with E-state index < -0.39 is 11.7 Å². The van der Waals surface area contributed by atoms with Gasteiger partial charge < -0.3 is 10.6 Å². The third kappa shape index (κ3) is 6.40. The van der Waals surface area contributed by atoms with Crippen molar-refractivity contribution in [3.63, 3.8) is 0 Å². The minimum Gasteiger partial charge on any atom is -0.354 e. The van der Waals surface area contributed by atoms with Crippen LogP contribution in [0.25, 0.3) is 0 Å². The van der Waals surface area contributed by atoms with Crippen LogP contribution in [-0.2, 0) is 11.0 Å². The minimum absolute atomic E-state index is 0.114. The Morgan fingerprint density at radius 2 is 2.04 bits per heavy atom. The van der Waals surface area contributed by atoms with E-state index in [4.69, 9.17) is 0 Å². The molecule has 1 amide bonds. The second-order valence-electron chi connectivity index (χ2n) is 5.26. The molecule has 1 aromatic rings. The first kappa shape index (κ1) is 18.1. The molecular formula is C15H20F3N3OS. The van der Waals surface area contributed by atoms with Crippen LogP contribution in [0, 0.1) is 0 Å². The lowest BCUT2D eigenvalue weighted by molar-refractivity contribution is -0.137. The van der Waals surface area contributed by atoms with E-state index in [0.717, 1.165) is 56.6 Å². The summed E-state index contributed by atoms with van der Waals surface area (Å²) in [7, 11) is 0. The number of nitrogens with one attached hydrogen (secondary N) is 2. The second-order valence-corrected chi connectivity index (χ2v) is 6.30. The molecule has 0 spiro atoms. The molecule has 0 aliphatic carbocycles. The molecule has 0 unspecified atom stereocenters. The van der Waals surface area contributed by atoms with Crippen molar-refractivity contribution < 1.29 is 18.0 Å². The van der Waals surface area contributed by atoms with E-state index in [9.17, 15) is 18.0 Å². The first-order valence-electron chi connectivity index (χ1n) is 7.45. The largest absolute Gasteiger partial charge is 0.416 e. The lowest BCUT2D eigenvalue weighted by Crippen LogP contribution is -2.46. The van der Waals surface area contributed by atoms with E-state index in [1.54, 1.807) is 6.07 Å². The van der Waals surface area contributed by atoms with Crippen molar-refractivity contribution in [3.05, 3.63) is 29.8 Å². The zero-order valence-electron chi connectivity index (χ0n) is 12.7. The summed E-state index contributed by atoms with van der Waals surface area (Å²) in [6, 6.07) is 5.03. The van der Waals surface area contributed by atoms with Gasteiger partial charge >= 0.3 is 6.18 Å². The lowest BCUT2D eigenvalue weighted by atomic mass is 10.2. The van der Waals surface area contributed by atoms with Crippen LogP contribution in [0.4, 0.5) is 13.2 Å². The molecule has 23 heavy (non-hydrogen) atoms. The third-order valence-corrected chi connectivity index (χ3v) is 4.48. The maximum absolute atomic E-state index is 12.6. The van der Waals surface area contributed by atoms with Gasteiger partial charge in [0.2, 0.25) is 5.91 Å². The predicted molar refractivity (Wildman–Crippen MR) is 84.5 cm³/mol. The van der Waals surface area contributed by atoms with Crippen LogP contribution in [0.15, 0.2) is 29.2 Å². The van der Waals surface area contributed by atoms with Gasteiger partial charge in [0.25, 0.3) is 0 Å². The van der Waals surface area contributed by atoms with Gasteiger partial charge in [-0.25, -0.2) is 0 Å². The SMILES string of the molecule is O=C(CSc1cccc(C(F)(F)F)c1)NCCN1CCNCC1. The van der Waals surface area contributed by atoms with E-state index in [2.05, 4.69) is 15.5 Å². The Kier molecular flexibility index (Phi) is 6.73. The Balaban J connectivity index is 1.69. The van der Waals surface area contributed by atoms with Gasteiger partial charge in [-0.2, -0.15) is 13.2 Å². The molecule has 8 heteroatoms. The van der Waals surface area contributed by atoms with E-state index in [1.807, 2.05) is 0 Å². The molecule has 1 saturated heterocycles. The molecule has 0 radical (unpaired) electrons. The summed E-state index contributed by atoms with van der Waals surface area (Å²) in [6.07, 6.45) is -4.36. The number of thioether (sulfide) groups is 1. The molecule has 1 heterocycles. The van der Waals surface area contributed by atoms with Gasteiger partial charge in [-0.05, 0) is 18.2 Å². The summed E-state index contributed by atoms with van der Waals surface area (Å²) >= 11 is 1.11. The molecule has 4 nitrogen and oxygen atoms in total. The summed E-state index contributed by atoms with van der Waals surface area (Å²) in [6.45, 7) is 5.20. The number of hydrogen-bond acceptors (Lipinski definition) is 4. The number of alkyl halides is 3. The van der Waals surface area contributed by atoms with Crippen LogP contribution in [0.5, 0.6) is 0 Å². The fourth-order valence-electron chi connectivity index (χ4n) is 2.25. The minimum atomic E-state index is -4.36. The average molecular weight is 347 g/mol. The van der Waals surface area contributed by atoms with Gasteiger partial charge in [0.05, 0.1) is 11.3 Å². The highest BCUT2D eigenvalue weighted by molar-refractivity contribution is 8.00. The molecule has 0 aromatic heterocycles. The summed E-state index contributed by atoms with van der Waals surface area (Å²) < 4.78 is 37.8. The molecule has 1 aliphatic rings. The van der Waals surface area contributed by atoms with Crippen molar-refractivity contribution in [2.75, 3.05) is 45.0 Å². The normalized spacial score (nSPS) is 16.3. The maximum Gasteiger partial charge on any atom is 0.416 e. The Hall–Kier alpha value is -1.25. The molecule has 2 N–H and O–H groups in total. The van der Waals surface area contributed by atoms with E-state index in [0.29, 0.717) is 11.4 Å². The van der Waals surface area contributed by atoms with Crippen molar-refractivity contribution in [1.82, 2.24) is 15.5 Å². The highest BCUT2D eigenvalue weighted by Crippen LogP contribution is 2.31. The Morgan fingerprint density at radius 1 is 1.30 bits per heavy atom. The van der Waals surface area contributed by atoms with E-state index in [-0.39, 0.29) is 11.7 Å². The first-order valence-corrected chi connectivity index (χ1v) is 8.43. The number of carbonyl (C=O) groups excluding carboxylic acids is 1. The fourth-order valence-corrected chi connectivity index (χ4v) is 3.04. The zero-order valence-corrected chi connectivity index (χ0v) is 13.5. The van der Waals surface area contributed by atoms with E-state index in [1.165, 1.54) is 6.07 Å². The quantitative estimate of drug-likeness (QED) is 0.771. The standard InChI is InChI=1S/C15H20F3N3OS/c16-15(17,18)12-2-1-3-13(10-12)23-11-14(22)20-6-9-21-7-4-19-5-8-21/h1-3,10,19H,4-9,11H2,(H,20,22). The summed E-state index contributed by atoms with van der Waals surface area (Å²) in [5.74, 6) is -0.0504. The molecule has 1 fully saturated rings. The number of carbonyl (C=O) groups is 1. The van der Waals surface area contributed by atoms with Crippen LogP contribution in [0.2, 0.25) is 0 Å². The smallest absolute Gasteiger partial charge is 0.354 e. The number of hydrogen-bond donors (Lipinski definition) is 2. The Labute approximate surface area is 137 Å². The summed E-state index contributed by atoms with van der Waals surface area (Å²) in [5, 5.41) is 6.06. The lowest BCUT2D eigenvalue weighted by Gasteiger charge is -2.27. The highest BCUT2D eigenvalue weighted by Gasteiger charge is 2.30. The molecule has 128 valence electrons. The van der Waals surface area contributed by atoms with Gasteiger partial charge in [-0.3, -0.25) is 9.69 Å². The maximum atomic E-state index is 12.6. The van der Waals surface area contributed by atoms with Gasteiger partial charge in [0, 0.05) is 44.2 Å². The molecule has 2 rings (SSSR count). The van der Waals surface area contributed by atoms with Crippen molar-refractivity contribution in [2.45, 2.75) is 11.1 Å². The Bertz CT molecular complexity index is 519. The zero-order chi connectivity index (χ0) is 16.7. The number of amides is 1. The average Bonchev–Trinajstić information content (AvgIpc) is 2.53. The summed E-state index contributed by atoms with van der Waals surface area (Å²) in [5.41, 5.74) is -0.693. The highest BCUT2D eigenvalue weighted by atomic mass is 32.2. The van der Waals surface area contributed by atoms with Crippen LogP contribution in [0.1, 0.15) is 5.56 Å². The molecule has 0 saturated carbocycles. The summed E-state index contributed by atoms with van der Waals surface area (Å²) in [4.78, 5) is 14.5. The number of benzene rings is 1.